The highest BCUT2D eigenvalue weighted by atomic mass is 15.2. The van der Waals surface area contributed by atoms with E-state index in [2.05, 4.69) is 31.1 Å². The molecule has 0 spiro atoms. The summed E-state index contributed by atoms with van der Waals surface area (Å²) in [6, 6.07) is 1.66. The van der Waals surface area contributed by atoms with Gasteiger partial charge in [-0.2, -0.15) is 0 Å². The summed E-state index contributed by atoms with van der Waals surface area (Å²) in [5.74, 6) is 1.79. The molecule has 0 aromatic rings. The first-order chi connectivity index (χ1) is 7.74. The summed E-state index contributed by atoms with van der Waals surface area (Å²) in [7, 11) is 2.09. The first kappa shape index (κ1) is 12.4. The zero-order valence-corrected chi connectivity index (χ0v) is 11.2. The molecule has 1 saturated heterocycles. The average Bonchev–Trinajstić information content (AvgIpc) is 2.69. The molecule has 1 heterocycles. The van der Waals surface area contributed by atoms with Crippen molar-refractivity contribution >= 4 is 0 Å². The molecule has 1 saturated carbocycles. The second-order valence-electron chi connectivity index (χ2n) is 6.01. The van der Waals surface area contributed by atoms with E-state index in [0.717, 1.165) is 30.5 Å². The van der Waals surface area contributed by atoms with Gasteiger partial charge in [-0.3, -0.25) is 4.90 Å². The second kappa shape index (κ2) is 5.50. The largest absolute Gasteiger partial charge is 0.318 e. The van der Waals surface area contributed by atoms with Crippen molar-refractivity contribution in [3.8, 4) is 0 Å². The summed E-state index contributed by atoms with van der Waals surface area (Å²) < 4.78 is 0. The van der Waals surface area contributed by atoms with Crippen LogP contribution in [0.2, 0.25) is 0 Å². The smallest absolute Gasteiger partial charge is 0.0246 e. The third-order valence-corrected chi connectivity index (χ3v) is 4.66. The highest BCUT2D eigenvalue weighted by Gasteiger charge is 2.39. The van der Waals surface area contributed by atoms with Crippen LogP contribution in [-0.2, 0) is 0 Å². The lowest BCUT2D eigenvalue weighted by Gasteiger charge is -2.39. The van der Waals surface area contributed by atoms with Crippen LogP contribution in [0.25, 0.3) is 0 Å². The monoisotopic (exact) mass is 224 g/mol. The summed E-state index contributed by atoms with van der Waals surface area (Å²) in [4.78, 5) is 2.82. The van der Waals surface area contributed by atoms with Crippen molar-refractivity contribution in [2.45, 2.75) is 58.0 Å². The quantitative estimate of drug-likeness (QED) is 0.789. The molecule has 1 N–H and O–H groups in total. The van der Waals surface area contributed by atoms with Crippen LogP contribution in [0, 0.1) is 11.8 Å². The molecular formula is C14H28N2. The van der Waals surface area contributed by atoms with Gasteiger partial charge in [-0.15, -0.1) is 0 Å². The lowest BCUT2D eigenvalue weighted by molar-refractivity contribution is 0.104. The number of fused-ring (bicyclic) bond motifs is 1. The highest BCUT2D eigenvalue weighted by molar-refractivity contribution is 4.94. The molecule has 2 heteroatoms. The number of hydrogen-bond acceptors (Lipinski definition) is 2. The van der Waals surface area contributed by atoms with Gasteiger partial charge in [-0.05, 0) is 44.7 Å². The molecule has 2 fully saturated rings. The van der Waals surface area contributed by atoms with Crippen LogP contribution in [0.1, 0.15) is 46.0 Å². The van der Waals surface area contributed by atoms with E-state index in [1.54, 1.807) is 0 Å². The molecule has 2 aliphatic rings. The molecule has 3 unspecified atom stereocenters. The molecule has 0 aromatic carbocycles. The lowest BCUT2D eigenvalue weighted by Crippen LogP contribution is -2.48. The van der Waals surface area contributed by atoms with Crippen molar-refractivity contribution in [1.82, 2.24) is 10.2 Å². The first-order valence-electron chi connectivity index (χ1n) is 7.14. The molecule has 2 rings (SSSR count). The molecule has 1 aliphatic heterocycles. The molecule has 0 aromatic heterocycles. The van der Waals surface area contributed by atoms with Crippen molar-refractivity contribution in [2.24, 2.45) is 11.8 Å². The Labute approximate surface area is 101 Å². The molecule has 0 radical (unpaired) electrons. The number of hydrogen-bond donors (Lipinski definition) is 1. The predicted octanol–water partition coefficient (Wildman–Crippen LogP) is 2.49. The number of nitrogens with zero attached hydrogens (tertiary/aromatic N) is 1. The van der Waals surface area contributed by atoms with Gasteiger partial charge in [0.25, 0.3) is 0 Å². The van der Waals surface area contributed by atoms with Crippen molar-refractivity contribution in [3.63, 3.8) is 0 Å². The van der Waals surface area contributed by atoms with E-state index < -0.39 is 0 Å². The summed E-state index contributed by atoms with van der Waals surface area (Å²) in [5.41, 5.74) is 0. The number of rotatable bonds is 4. The van der Waals surface area contributed by atoms with Gasteiger partial charge in [0.15, 0.2) is 0 Å². The fraction of sp³-hybridized carbons (Fsp3) is 1.00. The Morgan fingerprint density at radius 1 is 1.19 bits per heavy atom. The highest BCUT2D eigenvalue weighted by Crippen LogP contribution is 2.38. The van der Waals surface area contributed by atoms with Crippen LogP contribution < -0.4 is 5.32 Å². The Kier molecular flexibility index (Phi) is 4.26. The Hall–Kier alpha value is -0.0800. The summed E-state index contributed by atoms with van der Waals surface area (Å²) in [5, 5.41) is 3.38. The normalized spacial score (nSPS) is 33.0. The zero-order valence-electron chi connectivity index (χ0n) is 11.2. The molecule has 1 aliphatic carbocycles. The third-order valence-electron chi connectivity index (χ3n) is 4.66. The van der Waals surface area contributed by atoms with Crippen molar-refractivity contribution in [2.75, 3.05) is 20.1 Å². The fourth-order valence-electron chi connectivity index (χ4n) is 3.80. The topological polar surface area (TPSA) is 15.3 Å². The second-order valence-corrected chi connectivity index (χ2v) is 6.01. The maximum atomic E-state index is 3.38. The Morgan fingerprint density at radius 2 is 1.94 bits per heavy atom. The molecule has 16 heavy (non-hydrogen) atoms. The Balaban J connectivity index is 2.01. The molecule has 2 nitrogen and oxygen atoms in total. The van der Waals surface area contributed by atoms with Gasteiger partial charge in [0, 0.05) is 18.6 Å². The summed E-state index contributed by atoms with van der Waals surface area (Å²) in [6.45, 7) is 7.25. The number of nitrogens with one attached hydrogen (secondary N) is 1. The van der Waals surface area contributed by atoms with Gasteiger partial charge in [0.1, 0.15) is 0 Å². The predicted molar refractivity (Wildman–Crippen MR) is 69.6 cm³/mol. The minimum absolute atomic E-state index is 0.748. The molecule has 0 bridgehead atoms. The van der Waals surface area contributed by atoms with E-state index in [4.69, 9.17) is 0 Å². The first-order valence-corrected chi connectivity index (χ1v) is 7.14. The Bertz CT molecular complexity index is 215. The van der Waals surface area contributed by atoms with E-state index in [0.29, 0.717) is 0 Å². The molecule has 94 valence electrons. The van der Waals surface area contributed by atoms with Gasteiger partial charge in [0.2, 0.25) is 0 Å². The van der Waals surface area contributed by atoms with E-state index in [9.17, 15) is 0 Å². The van der Waals surface area contributed by atoms with E-state index in [-0.39, 0.29) is 0 Å². The summed E-state index contributed by atoms with van der Waals surface area (Å²) in [6.07, 6.45) is 7.34. The van der Waals surface area contributed by atoms with E-state index in [1.165, 1.54) is 38.6 Å². The average molecular weight is 224 g/mol. The third kappa shape index (κ3) is 2.43. The van der Waals surface area contributed by atoms with Crippen LogP contribution in [0.4, 0.5) is 0 Å². The SMILES string of the molecule is CNCC(C(C)C)N1CCC2CCCCC21. The maximum absolute atomic E-state index is 3.38. The minimum atomic E-state index is 0.748. The van der Waals surface area contributed by atoms with Crippen molar-refractivity contribution in [3.05, 3.63) is 0 Å². The number of likely N-dealkylation sites (N-methyl/N-ethyl adjacent to an activating group) is 1. The lowest BCUT2D eigenvalue weighted by atomic mass is 9.84. The maximum Gasteiger partial charge on any atom is 0.0246 e. The minimum Gasteiger partial charge on any atom is -0.318 e. The van der Waals surface area contributed by atoms with E-state index >= 15 is 0 Å². The Morgan fingerprint density at radius 3 is 2.62 bits per heavy atom. The number of likely N-dealkylation sites (tertiary alicyclic amines) is 1. The van der Waals surface area contributed by atoms with Crippen LogP contribution in [0.5, 0.6) is 0 Å². The van der Waals surface area contributed by atoms with Gasteiger partial charge >= 0.3 is 0 Å². The van der Waals surface area contributed by atoms with Gasteiger partial charge in [0.05, 0.1) is 0 Å². The van der Waals surface area contributed by atoms with Gasteiger partial charge < -0.3 is 5.32 Å². The van der Waals surface area contributed by atoms with Gasteiger partial charge in [-0.25, -0.2) is 0 Å². The van der Waals surface area contributed by atoms with Crippen molar-refractivity contribution < 1.29 is 0 Å². The van der Waals surface area contributed by atoms with E-state index in [1.807, 2.05) is 0 Å². The van der Waals surface area contributed by atoms with Crippen LogP contribution in [0.3, 0.4) is 0 Å². The van der Waals surface area contributed by atoms with Crippen LogP contribution >= 0.6 is 0 Å². The standard InChI is InChI=1S/C14H28N2/c1-11(2)14(10-15-3)16-9-8-12-6-4-5-7-13(12)16/h11-15H,4-10H2,1-3H3. The van der Waals surface area contributed by atoms with Crippen LogP contribution in [0.15, 0.2) is 0 Å². The molecule has 3 atom stereocenters. The fourth-order valence-corrected chi connectivity index (χ4v) is 3.80. The van der Waals surface area contributed by atoms with Gasteiger partial charge in [-0.1, -0.05) is 26.7 Å². The zero-order chi connectivity index (χ0) is 11.5. The molecule has 0 amide bonds. The molecular weight excluding hydrogens is 196 g/mol. The summed E-state index contributed by atoms with van der Waals surface area (Å²) >= 11 is 0. The van der Waals surface area contributed by atoms with Crippen LogP contribution in [-0.4, -0.2) is 37.1 Å². The van der Waals surface area contributed by atoms with Crippen molar-refractivity contribution in [1.29, 1.82) is 0 Å².